The molecule has 1 heterocycles. The van der Waals surface area contributed by atoms with Crippen LogP contribution in [0.1, 0.15) is 25.7 Å². The average Bonchev–Trinajstić information content (AvgIpc) is 2.75. The summed E-state index contributed by atoms with van der Waals surface area (Å²) in [6.45, 7) is 3.56. The van der Waals surface area contributed by atoms with Gasteiger partial charge in [-0.2, -0.15) is 11.8 Å². The van der Waals surface area contributed by atoms with E-state index < -0.39 is 0 Å². The van der Waals surface area contributed by atoms with Crippen molar-refractivity contribution in [1.29, 1.82) is 0 Å². The van der Waals surface area contributed by atoms with Gasteiger partial charge in [0.15, 0.2) is 0 Å². The Kier molecular flexibility index (Phi) is 7.61. The standard InChI is InChI=1S/C16H23BrN2OS/c17-14-7-3-4-8-15(14)18-16(20)13-21-12-11-19-9-5-1-2-6-10-19/h3-4,7-8H,1-2,5-6,9-13H2,(H,18,20). The van der Waals surface area contributed by atoms with Gasteiger partial charge in [0.2, 0.25) is 5.91 Å². The number of hydrogen-bond acceptors (Lipinski definition) is 3. The molecule has 0 aliphatic carbocycles. The van der Waals surface area contributed by atoms with Gasteiger partial charge in [-0.1, -0.05) is 25.0 Å². The van der Waals surface area contributed by atoms with Crippen LogP contribution in [0, 0.1) is 0 Å². The number of carbonyl (C=O) groups excluding carboxylic acids is 1. The van der Waals surface area contributed by atoms with Gasteiger partial charge < -0.3 is 10.2 Å². The van der Waals surface area contributed by atoms with Gasteiger partial charge in [0.25, 0.3) is 0 Å². The van der Waals surface area contributed by atoms with Crippen LogP contribution in [0.25, 0.3) is 0 Å². The van der Waals surface area contributed by atoms with E-state index in [1.54, 1.807) is 11.8 Å². The number of nitrogens with zero attached hydrogens (tertiary/aromatic N) is 1. The highest BCUT2D eigenvalue weighted by atomic mass is 79.9. The number of nitrogens with one attached hydrogen (secondary N) is 1. The molecule has 21 heavy (non-hydrogen) atoms. The number of halogens is 1. The number of carbonyl (C=O) groups is 1. The molecule has 1 fully saturated rings. The lowest BCUT2D eigenvalue weighted by atomic mass is 10.2. The van der Waals surface area contributed by atoms with Gasteiger partial charge in [0, 0.05) is 16.8 Å². The Morgan fingerprint density at radius 1 is 1.19 bits per heavy atom. The maximum Gasteiger partial charge on any atom is 0.234 e. The molecule has 3 nitrogen and oxygen atoms in total. The zero-order chi connectivity index (χ0) is 14.9. The van der Waals surface area contributed by atoms with E-state index in [0.717, 1.165) is 22.5 Å². The molecule has 0 unspecified atom stereocenters. The Balaban J connectivity index is 1.62. The molecule has 1 aromatic rings. The van der Waals surface area contributed by atoms with Crippen molar-refractivity contribution in [1.82, 2.24) is 4.90 Å². The highest BCUT2D eigenvalue weighted by molar-refractivity contribution is 9.10. The van der Waals surface area contributed by atoms with Crippen molar-refractivity contribution < 1.29 is 4.79 Å². The maximum atomic E-state index is 11.9. The predicted octanol–water partition coefficient (Wildman–Crippen LogP) is 4.00. The number of anilines is 1. The van der Waals surface area contributed by atoms with Crippen molar-refractivity contribution in [2.24, 2.45) is 0 Å². The van der Waals surface area contributed by atoms with Gasteiger partial charge in [-0.05, 0) is 54.0 Å². The largest absolute Gasteiger partial charge is 0.324 e. The molecule has 0 atom stereocenters. The average molecular weight is 371 g/mol. The van der Waals surface area contributed by atoms with Crippen LogP contribution in [-0.2, 0) is 4.79 Å². The summed E-state index contributed by atoms with van der Waals surface area (Å²) in [5.41, 5.74) is 0.843. The third-order valence-corrected chi connectivity index (χ3v) is 5.26. The first-order valence-corrected chi connectivity index (χ1v) is 9.55. The monoisotopic (exact) mass is 370 g/mol. The van der Waals surface area contributed by atoms with E-state index in [1.165, 1.54) is 38.8 Å². The normalized spacial score (nSPS) is 16.4. The Hall–Kier alpha value is -0.520. The molecule has 116 valence electrons. The molecule has 0 saturated carbocycles. The van der Waals surface area contributed by atoms with E-state index in [4.69, 9.17) is 0 Å². The van der Waals surface area contributed by atoms with Crippen LogP contribution in [0.2, 0.25) is 0 Å². The smallest absolute Gasteiger partial charge is 0.234 e. The number of amides is 1. The molecule has 1 N–H and O–H groups in total. The van der Waals surface area contributed by atoms with Gasteiger partial charge in [-0.25, -0.2) is 0 Å². The zero-order valence-corrected chi connectivity index (χ0v) is 14.7. The lowest BCUT2D eigenvalue weighted by Crippen LogP contribution is -2.27. The lowest BCUT2D eigenvalue weighted by Gasteiger charge is -2.19. The van der Waals surface area contributed by atoms with Crippen LogP contribution < -0.4 is 5.32 Å². The molecular formula is C16H23BrN2OS. The summed E-state index contributed by atoms with van der Waals surface area (Å²) in [5.74, 6) is 1.63. The number of rotatable bonds is 6. The summed E-state index contributed by atoms with van der Waals surface area (Å²) in [5, 5.41) is 2.94. The van der Waals surface area contributed by atoms with E-state index in [-0.39, 0.29) is 5.91 Å². The summed E-state index contributed by atoms with van der Waals surface area (Å²) in [6, 6.07) is 7.70. The van der Waals surface area contributed by atoms with E-state index in [1.807, 2.05) is 24.3 Å². The second-order valence-corrected chi connectivity index (χ2v) is 7.30. The first-order valence-electron chi connectivity index (χ1n) is 7.60. The minimum atomic E-state index is 0.0720. The molecule has 0 spiro atoms. The Morgan fingerprint density at radius 3 is 2.62 bits per heavy atom. The Morgan fingerprint density at radius 2 is 1.90 bits per heavy atom. The minimum absolute atomic E-state index is 0.0720. The predicted molar refractivity (Wildman–Crippen MR) is 95.0 cm³/mol. The van der Waals surface area contributed by atoms with Crippen LogP contribution in [-0.4, -0.2) is 41.9 Å². The number of para-hydroxylation sites is 1. The van der Waals surface area contributed by atoms with Crippen molar-refractivity contribution in [3.05, 3.63) is 28.7 Å². The van der Waals surface area contributed by atoms with Gasteiger partial charge >= 0.3 is 0 Å². The Bertz CT molecular complexity index is 448. The van der Waals surface area contributed by atoms with E-state index in [0.29, 0.717) is 5.75 Å². The molecular weight excluding hydrogens is 348 g/mol. The number of benzene rings is 1. The Labute approximate surface area is 140 Å². The summed E-state index contributed by atoms with van der Waals surface area (Å²) in [7, 11) is 0. The third kappa shape index (κ3) is 6.41. The molecule has 0 radical (unpaired) electrons. The van der Waals surface area contributed by atoms with Gasteiger partial charge in [-0.3, -0.25) is 4.79 Å². The van der Waals surface area contributed by atoms with Gasteiger partial charge in [-0.15, -0.1) is 0 Å². The first kappa shape index (κ1) is 16.8. The van der Waals surface area contributed by atoms with Crippen LogP contribution in [0.4, 0.5) is 5.69 Å². The molecule has 2 rings (SSSR count). The second kappa shape index (κ2) is 9.49. The van der Waals surface area contributed by atoms with Crippen molar-refractivity contribution in [2.75, 3.05) is 36.5 Å². The molecule has 5 heteroatoms. The fourth-order valence-corrected chi connectivity index (χ4v) is 3.64. The fourth-order valence-electron chi connectivity index (χ4n) is 2.47. The summed E-state index contributed by atoms with van der Waals surface area (Å²) < 4.78 is 0.924. The van der Waals surface area contributed by atoms with Gasteiger partial charge in [0.05, 0.1) is 11.4 Å². The molecule has 1 aromatic carbocycles. The quantitative estimate of drug-likeness (QED) is 0.768. The zero-order valence-electron chi connectivity index (χ0n) is 12.3. The topological polar surface area (TPSA) is 32.3 Å². The van der Waals surface area contributed by atoms with Gasteiger partial charge in [0.1, 0.15) is 0 Å². The molecule has 1 amide bonds. The molecule has 1 aliphatic heterocycles. The van der Waals surface area contributed by atoms with Crippen molar-refractivity contribution >= 4 is 39.3 Å². The second-order valence-electron chi connectivity index (χ2n) is 5.34. The summed E-state index contributed by atoms with van der Waals surface area (Å²) in [4.78, 5) is 14.4. The first-order chi connectivity index (χ1) is 10.3. The summed E-state index contributed by atoms with van der Waals surface area (Å²) >= 11 is 5.16. The lowest BCUT2D eigenvalue weighted by molar-refractivity contribution is -0.113. The summed E-state index contributed by atoms with van der Waals surface area (Å²) in [6.07, 6.45) is 5.40. The maximum absolute atomic E-state index is 11.9. The van der Waals surface area contributed by atoms with Crippen molar-refractivity contribution in [2.45, 2.75) is 25.7 Å². The molecule has 1 aliphatic rings. The molecule has 0 bridgehead atoms. The highest BCUT2D eigenvalue weighted by Crippen LogP contribution is 2.21. The van der Waals surface area contributed by atoms with Crippen molar-refractivity contribution in [3.8, 4) is 0 Å². The van der Waals surface area contributed by atoms with E-state index >= 15 is 0 Å². The highest BCUT2D eigenvalue weighted by Gasteiger charge is 2.09. The van der Waals surface area contributed by atoms with Crippen LogP contribution in [0.5, 0.6) is 0 Å². The van der Waals surface area contributed by atoms with E-state index in [9.17, 15) is 4.79 Å². The van der Waals surface area contributed by atoms with Crippen molar-refractivity contribution in [3.63, 3.8) is 0 Å². The number of hydrogen-bond donors (Lipinski definition) is 1. The fraction of sp³-hybridized carbons (Fsp3) is 0.562. The number of likely N-dealkylation sites (tertiary alicyclic amines) is 1. The van der Waals surface area contributed by atoms with Crippen LogP contribution >= 0.6 is 27.7 Å². The van der Waals surface area contributed by atoms with Crippen LogP contribution in [0.15, 0.2) is 28.7 Å². The van der Waals surface area contributed by atoms with Crippen LogP contribution in [0.3, 0.4) is 0 Å². The minimum Gasteiger partial charge on any atom is -0.324 e. The number of thioether (sulfide) groups is 1. The SMILES string of the molecule is O=C(CSCCN1CCCCCC1)Nc1ccccc1Br. The third-order valence-electron chi connectivity index (χ3n) is 3.63. The molecule has 1 saturated heterocycles. The van der Waals surface area contributed by atoms with E-state index in [2.05, 4.69) is 26.1 Å². The molecule has 0 aromatic heterocycles.